The molecule has 1 fully saturated rings. The van der Waals surface area contributed by atoms with Gasteiger partial charge in [0.05, 0.1) is 11.6 Å². The molecule has 1 N–H and O–H groups in total. The van der Waals surface area contributed by atoms with E-state index in [1.165, 1.54) is 16.2 Å². The predicted molar refractivity (Wildman–Crippen MR) is 133 cm³/mol. The summed E-state index contributed by atoms with van der Waals surface area (Å²) in [5.74, 6) is -1.16. The zero-order valence-electron chi connectivity index (χ0n) is 18.8. The summed E-state index contributed by atoms with van der Waals surface area (Å²) in [5.41, 5.74) is 3.20. The molecule has 4 aromatic rings. The van der Waals surface area contributed by atoms with E-state index in [-0.39, 0.29) is 11.3 Å². The number of amides is 1. The number of aryl methyl sites for hydroxylation is 1. The average molecular weight is 484 g/mol. The molecule has 0 spiro atoms. The van der Waals surface area contributed by atoms with Crippen LogP contribution in [0.25, 0.3) is 5.76 Å². The van der Waals surface area contributed by atoms with Crippen molar-refractivity contribution in [2.45, 2.75) is 19.6 Å². The van der Waals surface area contributed by atoms with Gasteiger partial charge in [-0.3, -0.25) is 19.5 Å². The molecular formula is C27H21N3O4S. The summed E-state index contributed by atoms with van der Waals surface area (Å²) >= 11 is 1.24. The quantitative estimate of drug-likeness (QED) is 0.234. The van der Waals surface area contributed by atoms with Gasteiger partial charge in [0.1, 0.15) is 18.1 Å². The van der Waals surface area contributed by atoms with Crippen LogP contribution < -0.4 is 9.64 Å². The summed E-state index contributed by atoms with van der Waals surface area (Å²) in [7, 11) is 0. The lowest BCUT2D eigenvalue weighted by Crippen LogP contribution is -2.29. The second-order valence-corrected chi connectivity index (χ2v) is 8.95. The molecule has 0 aliphatic carbocycles. The minimum absolute atomic E-state index is 0.00775. The van der Waals surface area contributed by atoms with Gasteiger partial charge >= 0.3 is 5.91 Å². The molecule has 1 unspecified atom stereocenters. The minimum atomic E-state index is -0.841. The highest BCUT2D eigenvalue weighted by molar-refractivity contribution is 7.14. The van der Waals surface area contributed by atoms with Gasteiger partial charge in [0.15, 0.2) is 5.13 Å². The molecule has 7 nitrogen and oxygen atoms in total. The number of carbonyl (C=O) groups is 2. The van der Waals surface area contributed by atoms with Gasteiger partial charge in [-0.25, -0.2) is 4.98 Å². The fourth-order valence-corrected chi connectivity index (χ4v) is 4.72. The van der Waals surface area contributed by atoms with Gasteiger partial charge in [-0.1, -0.05) is 35.9 Å². The van der Waals surface area contributed by atoms with Crippen LogP contribution in [0, 0.1) is 6.92 Å². The van der Waals surface area contributed by atoms with Gasteiger partial charge in [0.25, 0.3) is 5.78 Å². The van der Waals surface area contributed by atoms with E-state index in [2.05, 4.69) is 16.0 Å². The fourth-order valence-electron chi connectivity index (χ4n) is 4.05. The smallest absolute Gasteiger partial charge is 0.301 e. The van der Waals surface area contributed by atoms with Gasteiger partial charge < -0.3 is 9.84 Å². The van der Waals surface area contributed by atoms with Crippen LogP contribution in [0.1, 0.15) is 28.3 Å². The van der Waals surface area contributed by atoms with Crippen molar-refractivity contribution in [1.82, 2.24) is 9.97 Å². The number of aromatic nitrogens is 2. The van der Waals surface area contributed by atoms with Crippen molar-refractivity contribution in [3.8, 4) is 5.75 Å². The van der Waals surface area contributed by atoms with Crippen molar-refractivity contribution >= 4 is 33.9 Å². The summed E-state index contributed by atoms with van der Waals surface area (Å²) in [5, 5.41) is 13.3. The Labute approximate surface area is 206 Å². The lowest BCUT2D eigenvalue weighted by molar-refractivity contribution is -0.132. The number of hydrogen-bond donors (Lipinski definition) is 1. The number of aliphatic hydroxyl groups is 1. The molecule has 35 heavy (non-hydrogen) atoms. The second kappa shape index (κ2) is 9.52. The highest BCUT2D eigenvalue weighted by Gasteiger charge is 2.48. The number of ketones is 1. The minimum Gasteiger partial charge on any atom is -0.507 e. The van der Waals surface area contributed by atoms with Crippen LogP contribution in [-0.4, -0.2) is 26.8 Å². The Morgan fingerprint density at radius 3 is 2.60 bits per heavy atom. The maximum atomic E-state index is 13.1. The number of anilines is 1. The van der Waals surface area contributed by atoms with Gasteiger partial charge in [-0.15, -0.1) is 11.3 Å². The third-order valence-corrected chi connectivity index (χ3v) is 6.46. The second-order valence-electron chi connectivity index (χ2n) is 8.07. The molecule has 0 saturated carbocycles. The number of aliphatic hydroxyl groups excluding tert-OH is 1. The van der Waals surface area contributed by atoms with E-state index in [9.17, 15) is 14.7 Å². The van der Waals surface area contributed by atoms with E-state index in [0.717, 1.165) is 11.1 Å². The Morgan fingerprint density at radius 2 is 1.91 bits per heavy atom. The van der Waals surface area contributed by atoms with Crippen LogP contribution in [0.5, 0.6) is 5.75 Å². The van der Waals surface area contributed by atoms with Gasteiger partial charge in [0.2, 0.25) is 0 Å². The molecule has 1 saturated heterocycles. The summed E-state index contributed by atoms with van der Waals surface area (Å²) in [4.78, 5) is 35.7. The fraction of sp³-hybridized carbons (Fsp3) is 0.111. The Bertz CT molecular complexity index is 1400. The van der Waals surface area contributed by atoms with E-state index in [1.807, 2.05) is 25.1 Å². The first-order valence-electron chi connectivity index (χ1n) is 10.9. The molecule has 2 aromatic heterocycles. The average Bonchev–Trinajstić information content (AvgIpc) is 3.50. The van der Waals surface area contributed by atoms with Crippen molar-refractivity contribution in [3.05, 3.63) is 112 Å². The van der Waals surface area contributed by atoms with Crippen molar-refractivity contribution in [2.75, 3.05) is 4.90 Å². The molecule has 2 aromatic carbocycles. The number of carbonyl (C=O) groups excluding carboxylic acids is 2. The molecule has 3 heterocycles. The van der Waals surface area contributed by atoms with Crippen molar-refractivity contribution in [2.24, 2.45) is 0 Å². The normalized spacial score (nSPS) is 17.1. The topological polar surface area (TPSA) is 92.6 Å². The Morgan fingerprint density at radius 1 is 1.09 bits per heavy atom. The van der Waals surface area contributed by atoms with Gasteiger partial charge in [-0.2, -0.15) is 0 Å². The van der Waals surface area contributed by atoms with Crippen LogP contribution in [-0.2, 0) is 16.2 Å². The molecule has 8 heteroatoms. The van der Waals surface area contributed by atoms with Crippen molar-refractivity contribution in [3.63, 3.8) is 0 Å². The molecule has 1 amide bonds. The largest absolute Gasteiger partial charge is 0.507 e. The number of rotatable bonds is 6. The number of thiazole rings is 1. The van der Waals surface area contributed by atoms with Crippen molar-refractivity contribution < 1.29 is 19.4 Å². The molecule has 1 atom stereocenters. The zero-order chi connectivity index (χ0) is 24.4. The number of benzene rings is 2. The van der Waals surface area contributed by atoms with Gasteiger partial charge in [0, 0.05) is 29.5 Å². The molecule has 5 rings (SSSR count). The molecule has 1 aliphatic heterocycles. The number of Topliss-reactive ketones (excluding diaryl/α,β-unsaturated/α-hetero) is 1. The number of hydrogen-bond acceptors (Lipinski definition) is 7. The van der Waals surface area contributed by atoms with Crippen molar-refractivity contribution in [1.29, 1.82) is 0 Å². The first kappa shape index (κ1) is 22.5. The zero-order valence-corrected chi connectivity index (χ0v) is 19.6. The molecule has 1 aliphatic rings. The lowest BCUT2D eigenvalue weighted by Gasteiger charge is -2.22. The number of ether oxygens (including phenoxy) is 1. The van der Waals surface area contributed by atoms with Crippen LogP contribution in [0.4, 0.5) is 5.13 Å². The first-order chi connectivity index (χ1) is 17.0. The van der Waals surface area contributed by atoms with E-state index in [0.29, 0.717) is 28.6 Å². The summed E-state index contributed by atoms with van der Waals surface area (Å²) in [6, 6.07) is 17.5. The number of pyridine rings is 1. The Kier molecular flexibility index (Phi) is 6.12. The third kappa shape index (κ3) is 4.43. The first-order valence-corrected chi connectivity index (χ1v) is 11.8. The van der Waals surface area contributed by atoms with Crippen LogP contribution in [0.2, 0.25) is 0 Å². The van der Waals surface area contributed by atoms with Crippen LogP contribution in [0.15, 0.2) is 90.2 Å². The van der Waals surface area contributed by atoms with E-state index in [4.69, 9.17) is 4.74 Å². The van der Waals surface area contributed by atoms with Gasteiger partial charge in [-0.05, 0) is 48.4 Å². The van der Waals surface area contributed by atoms with Crippen LogP contribution >= 0.6 is 11.3 Å². The molecule has 174 valence electrons. The highest BCUT2D eigenvalue weighted by atomic mass is 32.1. The van der Waals surface area contributed by atoms with E-state index >= 15 is 0 Å². The summed E-state index contributed by atoms with van der Waals surface area (Å²) in [6.07, 6.45) is 4.75. The highest BCUT2D eigenvalue weighted by Crippen LogP contribution is 2.42. The maximum absolute atomic E-state index is 13.1. The molecule has 0 radical (unpaired) electrons. The summed E-state index contributed by atoms with van der Waals surface area (Å²) in [6.45, 7) is 2.44. The predicted octanol–water partition coefficient (Wildman–Crippen LogP) is 5.05. The Hall–Kier alpha value is -4.30. The molecule has 0 bridgehead atoms. The maximum Gasteiger partial charge on any atom is 0.301 e. The standard InChI is InChI=1S/C27H21N3O4S/c1-17-4-2-5-18(14-17)16-34-21-9-7-19(8-10-21)24(31)22-23(20-6-3-11-28-15-20)30(26(33)25(22)32)27-29-12-13-35-27/h2-15,23,31H,16H2,1H3/b24-22+. The Balaban J connectivity index is 1.47. The monoisotopic (exact) mass is 483 g/mol. The summed E-state index contributed by atoms with van der Waals surface area (Å²) < 4.78 is 5.86. The number of nitrogens with zero attached hydrogens (tertiary/aromatic N) is 3. The van der Waals surface area contributed by atoms with E-state index in [1.54, 1.807) is 60.4 Å². The lowest BCUT2D eigenvalue weighted by atomic mass is 9.96. The van der Waals surface area contributed by atoms with E-state index < -0.39 is 17.7 Å². The third-order valence-electron chi connectivity index (χ3n) is 5.69. The van der Waals surface area contributed by atoms with Crippen LogP contribution in [0.3, 0.4) is 0 Å². The SMILES string of the molecule is Cc1cccc(COc2ccc(/C(O)=C3\C(=O)C(=O)N(c4nccs4)C3c3cccnc3)cc2)c1. The molecular weight excluding hydrogens is 462 g/mol.